The van der Waals surface area contributed by atoms with Crippen LogP contribution in [0.1, 0.15) is 13.3 Å². The van der Waals surface area contributed by atoms with E-state index in [1.807, 2.05) is 6.92 Å². The van der Waals surface area contributed by atoms with Gasteiger partial charge in [0.05, 0.1) is 13.2 Å². The molecule has 0 bridgehead atoms. The summed E-state index contributed by atoms with van der Waals surface area (Å²) in [4.78, 5) is 10.8. The van der Waals surface area contributed by atoms with Crippen molar-refractivity contribution in [1.82, 2.24) is 5.32 Å². The second-order valence-electron chi connectivity index (χ2n) is 2.10. The van der Waals surface area contributed by atoms with Crippen LogP contribution in [0.25, 0.3) is 0 Å². The molecular weight excluding hydrogens is 144 g/mol. The third kappa shape index (κ3) is 7.29. The van der Waals surface area contributed by atoms with Crippen molar-refractivity contribution in [2.75, 3.05) is 26.3 Å². The highest BCUT2D eigenvalue weighted by Gasteiger charge is 1.97. The molecule has 11 heavy (non-hydrogen) atoms. The molecule has 4 heteroatoms. The second kappa shape index (κ2) is 7.50. The van der Waals surface area contributed by atoms with E-state index in [1.165, 1.54) is 0 Å². The van der Waals surface area contributed by atoms with Crippen molar-refractivity contribution in [3.63, 3.8) is 0 Å². The highest BCUT2D eigenvalue weighted by atomic mass is 16.5. The first-order valence-corrected chi connectivity index (χ1v) is 3.85. The van der Waals surface area contributed by atoms with Crippen LogP contribution in [0.4, 0.5) is 0 Å². The Labute approximate surface area is 67.1 Å². The van der Waals surface area contributed by atoms with Crippen LogP contribution in [0.5, 0.6) is 0 Å². The van der Waals surface area contributed by atoms with Crippen LogP contribution in [0.15, 0.2) is 0 Å². The third-order valence-corrected chi connectivity index (χ3v) is 1.11. The number of nitrogens with one attached hydrogen (secondary N) is 1. The normalized spacial score (nSPS) is 9.64. The van der Waals surface area contributed by atoms with Crippen LogP contribution < -0.4 is 11.1 Å². The van der Waals surface area contributed by atoms with Crippen LogP contribution in [0.3, 0.4) is 0 Å². The van der Waals surface area contributed by atoms with E-state index in [4.69, 9.17) is 10.5 Å². The Morgan fingerprint density at radius 1 is 1.55 bits per heavy atom. The predicted molar refractivity (Wildman–Crippen MR) is 43.2 cm³/mol. The van der Waals surface area contributed by atoms with Crippen LogP contribution in [0.2, 0.25) is 0 Å². The lowest BCUT2D eigenvalue weighted by Crippen LogP contribution is -2.24. The number of nitrogens with two attached hydrogens (primary N) is 1. The maximum atomic E-state index is 10.8. The maximum absolute atomic E-state index is 10.8. The summed E-state index contributed by atoms with van der Waals surface area (Å²) in [6.07, 6.45) is 0.424. The summed E-state index contributed by atoms with van der Waals surface area (Å²) < 4.78 is 5.01. The lowest BCUT2D eigenvalue weighted by atomic mass is 10.4. The lowest BCUT2D eigenvalue weighted by molar-refractivity contribution is -0.122. The van der Waals surface area contributed by atoms with Gasteiger partial charge in [-0.25, -0.2) is 0 Å². The quantitative estimate of drug-likeness (QED) is 0.514. The Morgan fingerprint density at radius 2 is 2.27 bits per heavy atom. The summed E-state index contributed by atoms with van der Waals surface area (Å²) in [7, 11) is 0. The van der Waals surface area contributed by atoms with E-state index in [1.54, 1.807) is 0 Å². The minimum absolute atomic E-state index is 0.0320. The first kappa shape index (κ1) is 10.4. The average Bonchev–Trinajstić information content (AvgIpc) is 1.99. The van der Waals surface area contributed by atoms with Gasteiger partial charge in [0.15, 0.2) is 0 Å². The third-order valence-electron chi connectivity index (χ3n) is 1.11. The molecule has 0 aliphatic rings. The van der Waals surface area contributed by atoms with Crippen molar-refractivity contribution >= 4 is 5.91 Å². The van der Waals surface area contributed by atoms with Crippen LogP contribution >= 0.6 is 0 Å². The lowest BCUT2D eigenvalue weighted by Gasteiger charge is -2.02. The molecule has 3 N–H and O–H groups in total. The van der Waals surface area contributed by atoms with Crippen LogP contribution in [0, 0.1) is 0 Å². The zero-order valence-electron chi connectivity index (χ0n) is 6.93. The number of hydrogen-bond acceptors (Lipinski definition) is 3. The van der Waals surface area contributed by atoms with E-state index in [-0.39, 0.29) is 5.91 Å². The summed E-state index contributed by atoms with van der Waals surface area (Å²) in [6.45, 7) is 4.06. The molecule has 4 nitrogen and oxygen atoms in total. The minimum Gasteiger partial charge on any atom is -0.380 e. The van der Waals surface area contributed by atoms with Crippen molar-refractivity contribution < 1.29 is 9.53 Å². The molecule has 0 fully saturated rings. The van der Waals surface area contributed by atoms with Crippen molar-refractivity contribution in [3.8, 4) is 0 Å². The molecular formula is C7H16N2O2. The molecule has 0 aromatic carbocycles. The Bertz CT molecular complexity index is 107. The molecule has 0 unspecified atom stereocenters. The van der Waals surface area contributed by atoms with E-state index in [9.17, 15) is 4.79 Å². The van der Waals surface area contributed by atoms with E-state index in [0.717, 1.165) is 0 Å². The molecule has 0 aliphatic heterocycles. The molecule has 0 aromatic rings. The van der Waals surface area contributed by atoms with Gasteiger partial charge in [0.1, 0.15) is 0 Å². The Kier molecular flexibility index (Phi) is 7.08. The van der Waals surface area contributed by atoms with Gasteiger partial charge in [-0.2, -0.15) is 0 Å². The van der Waals surface area contributed by atoms with E-state index in [2.05, 4.69) is 5.32 Å². The highest BCUT2D eigenvalue weighted by Crippen LogP contribution is 1.81. The molecule has 0 aliphatic carbocycles. The monoisotopic (exact) mass is 160 g/mol. The van der Waals surface area contributed by atoms with Gasteiger partial charge >= 0.3 is 0 Å². The number of ether oxygens (including phenoxy) is 1. The largest absolute Gasteiger partial charge is 0.380 e. The number of amides is 1. The molecule has 0 rings (SSSR count). The topological polar surface area (TPSA) is 64.3 Å². The summed E-state index contributed by atoms with van der Waals surface area (Å²) in [5, 5.41) is 2.67. The van der Waals surface area contributed by atoms with E-state index < -0.39 is 0 Å². The smallest absolute Gasteiger partial charge is 0.222 e. The highest BCUT2D eigenvalue weighted by molar-refractivity contribution is 5.75. The van der Waals surface area contributed by atoms with Gasteiger partial charge in [-0.1, -0.05) is 0 Å². The second-order valence-corrected chi connectivity index (χ2v) is 2.10. The average molecular weight is 160 g/mol. The van der Waals surface area contributed by atoms with Gasteiger partial charge in [-0.15, -0.1) is 0 Å². The Hall–Kier alpha value is -0.610. The molecule has 1 amide bonds. The minimum atomic E-state index is 0.0320. The summed E-state index contributed by atoms with van der Waals surface area (Å²) in [6, 6.07) is 0. The zero-order chi connectivity index (χ0) is 8.53. The molecule has 66 valence electrons. The molecule has 0 saturated carbocycles. The fourth-order valence-corrected chi connectivity index (χ4v) is 0.636. The molecule has 0 atom stereocenters. The van der Waals surface area contributed by atoms with Crippen LogP contribution in [-0.4, -0.2) is 32.2 Å². The Morgan fingerprint density at radius 3 is 2.82 bits per heavy atom. The zero-order valence-corrected chi connectivity index (χ0v) is 6.93. The molecule has 0 heterocycles. The summed E-state index contributed by atoms with van der Waals surface area (Å²) in [5.74, 6) is 0.0320. The van der Waals surface area contributed by atoms with E-state index >= 15 is 0 Å². The molecule has 0 spiro atoms. The summed E-state index contributed by atoms with van der Waals surface area (Å²) >= 11 is 0. The first-order valence-electron chi connectivity index (χ1n) is 3.85. The van der Waals surface area contributed by atoms with E-state index in [0.29, 0.717) is 32.7 Å². The molecule has 0 aromatic heterocycles. The number of carbonyl (C=O) groups is 1. The predicted octanol–water partition coefficient (Wildman–Crippen LogP) is -0.512. The van der Waals surface area contributed by atoms with Crippen LogP contribution in [-0.2, 0) is 9.53 Å². The van der Waals surface area contributed by atoms with Gasteiger partial charge in [0, 0.05) is 19.5 Å². The molecule has 0 radical (unpaired) electrons. The maximum Gasteiger partial charge on any atom is 0.222 e. The van der Waals surface area contributed by atoms with Crippen molar-refractivity contribution in [1.29, 1.82) is 0 Å². The number of rotatable bonds is 6. The Balaban J connectivity index is 3.04. The first-order chi connectivity index (χ1) is 5.31. The van der Waals surface area contributed by atoms with Crippen molar-refractivity contribution in [2.45, 2.75) is 13.3 Å². The van der Waals surface area contributed by atoms with Gasteiger partial charge < -0.3 is 15.8 Å². The van der Waals surface area contributed by atoms with Gasteiger partial charge in [0.2, 0.25) is 5.91 Å². The molecule has 0 saturated heterocycles. The fraction of sp³-hybridized carbons (Fsp3) is 0.857. The van der Waals surface area contributed by atoms with Crippen molar-refractivity contribution in [3.05, 3.63) is 0 Å². The van der Waals surface area contributed by atoms with Gasteiger partial charge in [-0.3, -0.25) is 4.79 Å². The van der Waals surface area contributed by atoms with Gasteiger partial charge in [-0.05, 0) is 6.92 Å². The number of carbonyl (C=O) groups excluding carboxylic acids is 1. The summed E-state index contributed by atoms with van der Waals surface area (Å²) in [5.41, 5.74) is 5.18. The SMILES string of the molecule is CCNC(=O)CCOCCN. The number of hydrogen-bond donors (Lipinski definition) is 2. The van der Waals surface area contributed by atoms with Gasteiger partial charge in [0.25, 0.3) is 0 Å². The standard InChI is InChI=1S/C7H16N2O2/c1-2-9-7(10)3-5-11-6-4-8/h2-6,8H2,1H3,(H,9,10). The fourth-order valence-electron chi connectivity index (χ4n) is 0.636. The van der Waals surface area contributed by atoms with Crippen molar-refractivity contribution in [2.24, 2.45) is 5.73 Å².